The van der Waals surface area contributed by atoms with Crippen LogP contribution in [-0.4, -0.2) is 36.0 Å². The molecule has 5 aromatic rings. The van der Waals surface area contributed by atoms with Crippen LogP contribution >= 0.6 is 0 Å². The van der Waals surface area contributed by atoms with Gasteiger partial charge in [-0.25, -0.2) is 0 Å². The Bertz CT molecular complexity index is 1370. The molecule has 0 aliphatic carbocycles. The Balaban J connectivity index is 1.45. The van der Waals surface area contributed by atoms with E-state index in [1.54, 1.807) is 0 Å². The van der Waals surface area contributed by atoms with Gasteiger partial charge in [0.1, 0.15) is 0 Å². The maximum absolute atomic E-state index is 5.90. The number of aryl methyl sites for hydroxylation is 2. The average Bonchev–Trinajstić information content (AvgIpc) is 3.38. The van der Waals surface area contributed by atoms with Gasteiger partial charge in [-0.3, -0.25) is 19.2 Å². The Kier molecular flexibility index (Phi) is 7.60. The molecule has 37 heavy (non-hydrogen) atoms. The Morgan fingerprint density at radius 3 is 1.62 bits per heavy atom. The molecule has 0 saturated heterocycles. The van der Waals surface area contributed by atoms with E-state index in [-0.39, 0.29) is 0 Å². The van der Waals surface area contributed by atoms with Crippen molar-refractivity contribution in [3.8, 4) is 11.4 Å². The van der Waals surface area contributed by atoms with E-state index in [1.165, 1.54) is 0 Å². The molecule has 0 saturated carbocycles. The summed E-state index contributed by atoms with van der Waals surface area (Å²) in [5.74, 6) is 0. The van der Waals surface area contributed by atoms with Crippen LogP contribution in [0, 0.1) is 13.8 Å². The molecular formula is C29H28N6S2-2. The maximum atomic E-state index is 5.90. The van der Waals surface area contributed by atoms with E-state index in [2.05, 4.69) is 16.0 Å². The molecule has 6 nitrogen and oxygen atoms in total. The SMILES string of the molecule is Cc1nn(-c2ccccc2)c([S-])c1CN(CCc1ccccn1)Cc1c(C)nn(-c2ccccc2)c1[S-]. The summed E-state index contributed by atoms with van der Waals surface area (Å²) in [7, 11) is 0. The van der Waals surface area contributed by atoms with Gasteiger partial charge in [0, 0.05) is 37.9 Å². The molecule has 3 heterocycles. The Morgan fingerprint density at radius 1 is 0.676 bits per heavy atom. The van der Waals surface area contributed by atoms with Gasteiger partial charge in [0.15, 0.2) is 0 Å². The second-order valence-electron chi connectivity index (χ2n) is 9.01. The number of nitrogens with zero attached hydrogens (tertiary/aromatic N) is 6. The quantitative estimate of drug-likeness (QED) is 0.249. The van der Waals surface area contributed by atoms with Gasteiger partial charge in [-0.2, -0.15) is 10.2 Å². The molecule has 0 amide bonds. The van der Waals surface area contributed by atoms with E-state index in [9.17, 15) is 0 Å². The predicted molar refractivity (Wildman–Crippen MR) is 150 cm³/mol. The van der Waals surface area contributed by atoms with E-state index in [0.717, 1.165) is 62.6 Å². The van der Waals surface area contributed by atoms with Crippen LogP contribution in [-0.2, 0) is 44.8 Å². The normalized spacial score (nSPS) is 11.3. The third-order valence-electron chi connectivity index (χ3n) is 6.45. The van der Waals surface area contributed by atoms with Gasteiger partial charge in [-0.15, -0.1) is 0 Å². The number of hydrogen-bond donors (Lipinski definition) is 0. The first-order chi connectivity index (χ1) is 18.0. The number of rotatable bonds is 9. The standard InChI is InChI=1S/C29H30N6S2/c1-21-26(28(36)34(31-21)24-12-5-3-6-13-24)19-33(18-16-23-11-9-10-17-30-23)20-27-22(2)32-35(29(27)37)25-14-7-4-8-15-25/h3-15,17,36-37H,16,18-20H2,1-2H3/p-2. The maximum Gasteiger partial charge on any atom is 0.0628 e. The molecule has 8 heteroatoms. The fourth-order valence-corrected chi connectivity index (χ4v) is 5.13. The number of pyridine rings is 1. The van der Waals surface area contributed by atoms with Crippen LogP contribution < -0.4 is 0 Å². The van der Waals surface area contributed by atoms with Gasteiger partial charge in [0.2, 0.25) is 0 Å². The third-order valence-corrected chi connectivity index (χ3v) is 7.29. The topological polar surface area (TPSA) is 51.8 Å². The Morgan fingerprint density at radius 2 is 1.16 bits per heavy atom. The second-order valence-corrected chi connectivity index (χ2v) is 9.79. The van der Waals surface area contributed by atoms with Crippen LogP contribution in [0.2, 0.25) is 0 Å². The summed E-state index contributed by atoms with van der Waals surface area (Å²) >= 11 is 11.8. The second kappa shape index (κ2) is 11.2. The van der Waals surface area contributed by atoms with E-state index in [4.69, 9.17) is 35.5 Å². The van der Waals surface area contributed by atoms with Crippen molar-refractivity contribution < 1.29 is 0 Å². The molecule has 0 bridgehead atoms. The summed E-state index contributed by atoms with van der Waals surface area (Å²) < 4.78 is 3.71. The van der Waals surface area contributed by atoms with Crippen LogP contribution in [0.25, 0.3) is 11.4 Å². The highest BCUT2D eigenvalue weighted by atomic mass is 32.1. The number of hydrogen-bond acceptors (Lipinski definition) is 6. The molecule has 0 aliphatic heterocycles. The van der Waals surface area contributed by atoms with Crippen LogP contribution in [0.3, 0.4) is 0 Å². The molecule has 188 valence electrons. The Hall–Kier alpha value is -3.59. The average molecular weight is 525 g/mol. The van der Waals surface area contributed by atoms with Crippen molar-refractivity contribution in [1.29, 1.82) is 0 Å². The molecule has 0 radical (unpaired) electrons. The lowest BCUT2D eigenvalue weighted by atomic mass is 10.1. The number of benzene rings is 2. The highest BCUT2D eigenvalue weighted by molar-refractivity contribution is 7.58. The fraction of sp³-hybridized carbons (Fsp3) is 0.207. The predicted octanol–water partition coefficient (Wildman–Crippen LogP) is 5.13. The highest BCUT2D eigenvalue weighted by Crippen LogP contribution is 2.24. The largest absolute Gasteiger partial charge is 0.760 e. The summed E-state index contributed by atoms with van der Waals surface area (Å²) in [4.78, 5) is 6.90. The zero-order valence-electron chi connectivity index (χ0n) is 20.9. The molecule has 0 atom stereocenters. The van der Waals surface area contributed by atoms with E-state index in [0.29, 0.717) is 13.1 Å². The minimum atomic E-state index is 0.662. The first-order valence-electron chi connectivity index (χ1n) is 12.3. The van der Waals surface area contributed by atoms with Gasteiger partial charge < -0.3 is 25.3 Å². The minimum absolute atomic E-state index is 0.662. The van der Waals surface area contributed by atoms with Crippen LogP contribution in [0.15, 0.2) is 95.1 Å². The van der Waals surface area contributed by atoms with Crippen LogP contribution in [0.4, 0.5) is 0 Å². The lowest BCUT2D eigenvalue weighted by molar-refractivity contribution is 0.254. The van der Waals surface area contributed by atoms with Gasteiger partial charge in [0.25, 0.3) is 0 Å². The first kappa shape index (κ1) is 25.1. The molecule has 2 aromatic carbocycles. The van der Waals surface area contributed by atoms with Crippen molar-refractivity contribution in [2.24, 2.45) is 0 Å². The molecule has 0 aliphatic rings. The summed E-state index contributed by atoms with van der Waals surface area (Å²) in [6, 6.07) is 26.1. The minimum Gasteiger partial charge on any atom is -0.760 e. The van der Waals surface area contributed by atoms with Gasteiger partial charge in [-0.1, -0.05) is 52.5 Å². The van der Waals surface area contributed by atoms with Crippen LogP contribution in [0.1, 0.15) is 28.2 Å². The third kappa shape index (κ3) is 5.56. The molecule has 5 rings (SSSR count). The number of aromatic nitrogens is 5. The van der Waals surface area contributed by atoms with E-state index < -0.39 is 0 Å². The molecule has 3 aromatic heterocycles. The lowest BCUT2D eigenvalue weighted by Gasteiger charge is -2.26. The van der Waals surface area contributed by atoms with Gasteiger partial charge in [0.05, 0.1) is 22.8 Å². The van der Waals surface area contributed by atoms with Gasteiger partial charge in [-0.05, 0) is 61.4 Å². The monoisotopic (exact) mass is 524 g/mol. The smallest absolute Gasteiger partial charge is 0.0628 e. The van der Waals surface area contributed by atoms with Crippen molar-refractivity contribution in [2.45, 2.75) is 43.4 Å². The Labute approximate surface area is 228 Å². The molecular weight excluding hydrogens is 496 g/mol. The van der Waals surface area contributed by atoms with Crippen molar-refractivity contribution >= 4 is 25.3 Å². The molecule has 0 unspecified atom stereocenters. The zero-order chi connectivity index (χ0) is 25.8. The summed E-state index contributed by atoms with van der Waals surface area (Å²) in [5, 5.41) is 11.0. The summed E-state index contributed by atoms with van der Waals surface area (Å²) in [5.41, 5.74) is 6.97. The van der Waals surface area contributed by atoms with Crippen molar-refractivity contribution in [1.82, 2.24) is 29.4 Å². The summed E-state index contributed by atoms with van der Waals surface area (Å²) in [6.45, 7) is 6.17. The lowest BCUT2D eigenvalue weighted by Crippen LogP contribution is -2.26. The summed E-state index contributed by atoms with van der Waals surface area (Å²) in [6.07, 6.45) is 2.66. The van der Waals surface area contributed by atoms with Crippen molar-refractivity contribution in [2.75, 3.05) is 6.54 Å². The first-order valence-corrected chi connectivity index (χ1v) is 13.1. The van der Waals surface area contributed by atoms with Crippen molar-refractivity contribution in [3.63, 3.8) is 0 Å². The molecule has 0 fully saturated rings. The molecule has 0 N–H and O–H groups in total. The van der Waals surface area contributed by atoms with Crippen molar-refractivity contribution in [3.05, 3.63) is 113 Å². The number of para-hydroxylation sites is 2. The molecule has 0 spiro atoms. The zero-order valence-corrected chi connectivity index (χ0v) is 22.5. The van der Waals surface area contributed by atoms with E-state index in [1.807, 2.05) is 102 Å². The van der Waals surface area contributed by atoms with Gasteiger partial charge >= 0.3 is 0 Å². The fourth-order valence-electron chi connectivity index (χ4n) is 4.41. The highest BCUT2D eigenvalue weighted by Gasteiger charge is 2.17. The van der Waals surface area contributed by atoms with E-state index >= 15 is 0 Å². The van der Waals surface area contributed by atoms with Crippen LogP contribution in [0.5, 0.6) is 0 Å².